The van der Waals surface area contributed by atoms with Gasteiger partial charge in [0.1, 0.15) is 5.76 Å². The van der Waals surface area contributed by atoms with Gasteiger partial charge in [0.05, 0.1) is 24.3 Å². The number of nitrogens with one attached hydrogen (secondary N) is 1. The van der Waals surface area contributed by atoms with Crippen LogP contribution in [0.1, 0.15) is 11.5 Å². The molecule has 0 radical (unpaired) electrons. The zero-order chi connectivity index (χ0) is 12.3. The van der Waals surface area contributed by atoms with E-state index in [2.05, 4.69) is 9.71 Å². The van der Waals surface area contributed by atoms with Crippen LogP contribution in [0.2, 0.25) is 0 Å². The summed E-state index contributed by atoms with van der Waals surface area (Å²) in [7, 11) is -3.63. The highest BCUT2D eigenvalue weighted by Gasteiger charge is 2.18. The van der Waals surface area contributed by atoms with Crippen molar-refractivity contribution in [2.75, 3.05) is 0 Å². The third-order valence-corrected chi connectivity index (χ3v) is 3.94. The molecule has 0 amide bonds. The van der Waals surface area contributed by atoms with Crippen LogP contribution in [-0.2, 0) is 23.1 Å². The molecule has 0 saturated heterocycles. The Hall–Kier alpha value is -1.22. The number of thiazole rings is 1. The minimum Gasteiger partial charge on any atom is -0.447 e. The Kier molecular flexibility index (Phi) is 3.57. The summed E-state index contributed by atoms with van der Waals surface area (Å²) in [6.07, 6.45) is 0. The van der Waals surface area contributed by atoms with Gasteiger partial charge in [-0.05, 0) is 12.1 Å². The van der Waals surface area contributed by atoms with Gasteiger partial charge in [-0.25, -0.2) is 18.1 Å². The van der Waals surface area contributed by atoms with Crippen LogP contribution in [0, 0.1) is 0 Å². The van der Waals surface area contributed by atoms with Crippen LogP contribution in [0.4, 0.5) is 0 Å². The van der Waals surface area contributed by atoms with Gasteiger partial charge in [-0.15, -0.1) is 11.3 Å². The Labute approximate surface area is 103 Å². The fraction of sp³-hybridized carbons (Fsp3) is 0.222. The third-order valence-electron chi connectivity index (χ3n) is 2.03. The Morgan fingerprint density at radius 2 is 2.29 bits per heavy atom. The smallest absolute Gasteiger partial charge is 0.274 e. The molecule has 0 aliphatic heterocycles. The summed E-state index contributed by atoms with van der Waals surface area (Å²) in [6.45, 7) is 0.312. The first-order chi connectivity index (χ1) is 8.12. The molecule has 0 saturated carbocycles. The van der Waals surface area contributed by atoms with Gasteiger partial charge in [-0.3, -0.25) is 0 Å². The van der Waals surface area contributed by atoms with Crippen molar-refractivity contribution >= 4 is 21.4 Å². The predicted octanol–water partition coefficient (Wildman–Crippen LogP) is 0.673. The Bertz CT molecular complexity index is 574. The van der Waals surface area contributed by atoms with Crippen LogP contribution in [0.5, 0.6) is 0 Å². The van der Waals surface area contributed by atoms with Crippen LogP contribution in [0.15, 0.2) is 32.5 Å². The maximum absolute atomic E-state index is 11.8. The highest BCUT2D eigenvalue weighted by atomic mass is 32.2. The predicted molar refractivity (Wildman–Crippen MR) is 62.7 cm³/mol. The molecule has 2 aromatic heterocycles. The molecule has 0 aromatic carbocycles. The van der Waals surface area contributed by atoms with E-state index in [1.54, 1.807) is 10.9 Å². The summed E-state index contributed by atoms with van der Waals surface area (Å²) >= 11 is 1.41. The van der Waals surface area contributed by atoms with Crippen molar-refractivity contribution in [1.82, 2.24) is 9.71 Å². The van der Waals surface area contributed by atoms with Crippen molar-refractivity contribution in [2.45, 2.75) is 18.2 Å². The molecular weight excluding hydrogens is 262 g/mol. The number of rotatable bonds is 5. The number of sulfonamides is 1. The topological polar surface area (TPSA) is 98.2 Å². The lowest BCUT2D eigenvalue weighted by Crippen LogP contribution is -2.22. The van der Waals surface area contributed by atoms with E-state index in [1.165, 1.54) is 23.5 Å². The lowest BCUT2D eigenvalue weighted by Gasteiger charge is -2.01. The second-order valence-corrected chi connectivity index (χ2v) is 5.65. The van der Waals surface area contributed by atoms with Crippen molar-refractivity contribution in [2.24, 2.45) is 5.73 Å². The normalized spacial score (nSPS) is 11.8. The monoisotopic (exact) mass is 273 g/mol. The van der Waals surface area contributed by atoms with Gasteiger partial charge in [0.25, 0.3) is 10.0 Å². The fourth-order valence-corrected chi connectivity index (χ4v) is 2.68. The highest BCUT2D eigenvalue weighted by Crippen LogP contribution is 2.13. The summed E-state index contributed by atoms with van der Waals surface area (Å²) in [5, 5.41) is 1.64. The van der Waals surface area contributed by atoms with Crippen molar-refractivity contribution in [3.8, 4) is 0 Å². The molecule has 8 heteroatoms. The molecule has 2 aromatic rings. The molecule has 0 unspecified atom stereocenters. The SMILES string of the molecule is NCc1ccc(S(=O)(=O)NCc2cscn2)o1. The van der Waals surface area contributed by atoms with E-state index in [1.807, 2.05) is 0 Å². The molecule has 0 atom stereocenters. The van der Waals surface area contributed by atoms with Crippen molar-refractivity contribution in [3.05, 3.63) is 34.5 Å². The minimum atomic E-state index is -3.63. The molecular formula is C9H11N3O3S2. The summed E-state index contributed by atoms with van der Waals surface area (Å²) in [5.41, 5.74) is 7.65. The van der Waals surface area contributed by atoms with E-state index in [4.69, 9.17) is 10.2 Å². The lowest BCUT2D eigenvalue weighted by atomic mass is 10.5. The molecule has 17 heavy (non-hydrogen) atoms. The Balaban J connectivity index is 2.08. The number of furan rings is 1. The van der Waals surface area contributed by atoms with E-state index in [9.17, 15) is 8.42 Å². The number of hydrogen-bond acceptors (Lipinski definition) is 6. The molecule has 3 N–H and O–H groups in total. The van der Waals surface area contributed by atoms with E-state index >= 15 is 0 Å². The first-order valence-electron chi connectivity index (χ1n) is 4.77. The molecule has 2 heterocycles. The average molecular weight is 273 g/mol. The van der Waals surface area contributed by atoms with Crippen LogP contribution in [0.3, 0.4) is 0 Å². The third kappa shape index (κ3) is 2.91. The number of nitrogens with two attached hydrogens (primary N) is 1. The summed E-state index contributed by atoms with van der Waals surface area (Å²) < 4.78 is 31.0. The largest absolute Gasteiger partial charge is 0.447 e. The molecule has 0 aliphatic carbocycles. The second-order valence-electron chi connectivity index (χ2n) is 3.23. The van der Waals surface area contributed by atoms with Crippen LogP contribution in [0.25, 0.3) is 0 Å². The van der Waals surface area contributed by atoms with E-state index in [0.29, 0.717) is 11.5 Å². The van der Waals surface area contributed by atoms with Gasteiger partial charge in [-0.2, -0.15) is 0 Å². The van der Waals surface area contributed by atoms with E-state index in [0.717, 1.165) is 0 Å². The first-order valence-corrected chi connectivity index (χ1v) is 7.20. The minimum absolute atomic E-state index is 0.131. The number of aromatic nitrogens is 1. The van der Waals surface area contributed by atoms with Gasteiger partial charge in [0.15, 0.2) is 0 Å². The number of hydrogen-bond donors (Lipinski definition) is 2. The van der Waals surface area contributed by atoms with Gasteiger partial charge in [0.2, 0.25) is 5.09 Å². The molecule has 92 valence electrons. The standard InChI is InChI=1S/C9H11N3O3S2/c10-3-8-1-2-9(15-8)17(13,14)12-4-7-5-16-6-11-7/h1-2,5-6,12H,3-4,10H2. The van der Waals surface area contributed by atoms with Gasteiger partial charge >= 0.3 is 0 Å². The van der Waals surface area contributed by atoms with Crippen LogP contribution >= 0.6 is 11.3 Å². The quantitative estimate of drug-likeness (QED) is 0.834. The maximum atomic E-state index is 11.8. The molecule has 6 nitrogen and oxygen atoms in total. The molecule has 0 fully saturated rings. The molecule has 2 rings (SSSR count). The van der Waals surface area contributed by atoms with Gasteiger partial charge in [0, 0.05) is 5.38 Å². The summed E-state index contributed by atoms with van der Waals surface area (Å²) in [4.78, 5) is 3.98. The van der Waals surface area contributed by atoms with Crippen molar-refractivity contribution in [1.29, 1.82) is 0 Å². The zero-order valence-electron chi connectivity index (χ0n) is 8.79. The second kappa shape index (κ2) is 4.96. The number of nitrogens with zero attached hydrogens (tertiary/aromatic N) is 1. The zero-order valence-corrected chi connectivity index (χ0v) is 10.4. The highest BCUT2D eigenvalue weighted by molar-refractivity contribution is 7.89. The summed E-state index contributed by atoms with van der Waals surface area (Å²) in [6, 6.07) is 2.92. The van der Waals surface area contributed by atoms with E-state index in [-0.39, 0.29) is 18.2 Å². The maximum Gasteiger partial charge on any atom is 0.274 e. The van der Waals surface area contributed by atoms with Crippen LogP contribution < -0.4 is 10.5 Å². The Morgan fingerprint density at radius 1 is 1.47 bits per heavy atom. The molecule has 0 spiro atoms. The average Bonchev–Trinajstić information content (AvgIpc) is 2.98. The lowest BCUT2D eigenvalue weighted by molar-refractivity contribution is 0.412. The molecule has 0 aliphatic rings. The first kappa shape index (κ1) is 12.2. The van der Waals surface area contributed by atoms with Crippen molar-refractivity contribution < 1.29 is 12.8 Å². The summed E-state index contributed by atoms with van der Waals surface area (Å²) in [5.74, 6) is 0.430. The Morgan fingerprint density at radius 3 is 2.88 bits per heavy atom. The van der Waals surface area contributed by atoms with E-state index < -0.39 is 10.0 Å². The van der Waals surface area contributed by atoms with Gasteiger partial charge < -0.3 is 10.2 Å². The van der Waals surface area contributed by atoms with Crippen LogP contribution in [-0.4, -0.2) is 13.4 Å². The van der Waals surface area contributed by atoms with Gasteiger partial charge in [-0.1, -0.05) is 0 Å². The van der Waals surface area contributed by atoms with Crippen molar-refractivity contribution in [3.63, 3.8) is 0 Å². The molecule has 0 bridgehead atoms. The fourth-order valence-electron chi connectivity index (χ4n) is 1.18.